The molecule has 1 fully saturated rings. The molecule has 0 aliphatic carbocycles. The van der Waals surface area contributed by atoms with Crippen molar-refractivity contribution in [2.75, 3.05) is 40.0 Å². The second kappa shape index (κ2) is 6.20. The molecular formula is C14H24N4O2. The lowest BCUT2D eigenvalue weighted by molar-refractivity contribution is 0.0456. The summed E-state index contributed by atoms with van der Waals surface area (Å²) in [5.41, 5.74) is 2.36. The molecule has 0 bridgehead atoms. The van der Waals surface area contributed by atoms with Crippen LogP contribution in [0.15, 0.2) is 0 Å². The molecule has 0 aromatic carbocycles. The molecule has 6 heteroatoms. The van der Waals surface area contributed by atoms with Crippen molar-refractivity contribution in [3.8, 4) is 0 Å². The first-order valence-corrected chi connectivity index (χ1v) is 7.45. The average Bonchev–Trinajstić information content (AvgIpc) is 2.82. The maximum Gasteiger partial charge on any atom is 0.100 e. The number of ether oxygens (including phenoxy) is 2. The van der Waals surface area contributed by atoms with E-state index in [2.05, 4.69) is 15.2 Å². The van der Waals surface area contributed by atoms with Crippen LogP contribution in [-0.4, -0.2) is 59.9 Å². The Hall–Kier alpha value is -0.980. The molecule has 1 unspecified atom stereocenters. The molecule has 1 aromatic heterocycles. The van der Waals surface area contributed by atoms with E-state index >= 15 is 0 Å². The van der Waals surface area contributed by atoms with Gasteiger partial charge in [0.25, 0.3) is 0 Å². The standard InChI is InChI=1S/C14H24N4O2/c1-17-14-12(10-19-2)8-18(9-13(14)15-16-17)7-11-3-5-20-6-4-11/h11-12H,3-10H2,1-2H3. The van der Waals surface area contributed by atoms with Gasteiger partial charge < -0.3 is 9.47 Å². The zero-order chi connectivity index (χ0) is 13.9. The molecule has 20 heavy (non-hydrogen) atoms. The number of fused-ring (bicyclic) bond motifs is 1. The molecule has 1 saturated heterocycles. The van der Waals surface area contributed by atoms with Gasteiger partial charge in [-0.15, -0.1) is 5.10 Å². The van der Waals surface area contributed by atoms with Crippen LogP contribution in [0.25, 0.3) is 0 Å². The monoisotopic (exact) mass is 280 g/mol. The topological polar surface area (TPSA) is 52.4 Å². The van der Waals surface area contributed by atoms with Crippen LogP contribution < -0.4 is 0 Å². The average molecular weight is 280 g/mol. The summed E-state index contributed by atoms with van der Waals surface area (Å²) < 4.78 is 12.7. The summed E-state index contributed by atoms with van der Waals surface area (Å²) in [6.45, 7) is 5.66. The van der Waals surface area contributed by atoms with E-state index in [0.29, 0.717) is 5.92 Å². The normalized spacial score (nSPS) is 24.8. The number of rotatable bonds is 4. The Morgan fingerprint density at radius 1 is 1.35 bits per heavy atom. The van der Waals surface area contributed by atoms with Gasteiger partial charge in [0, 0.05) is 52.9 Å². The first-order valence-electron chi connectivity index (χ1n) is 7.45. The van der Waals surface area contributed by atoms with Crippen LogP contribution in [0.1, 0.15) is 30.1 Å². The van der Waals surface area contributed by atoms with E-state index in [1.54, 1.807) is 7.11 Å². The summed E-state index contributed by atoms with van der Waals surface area (Å²) in [4.78, 5) is 2.51. The Morgan fingerprint density at radius 3 is 2.90 bits per heavy atom. The summed E-state index contributed by atoms with van der Waals surface area (Å²) in [5.74, 6) is 1.13. The molecule has 0 amide bonds. The SMILES string of the molecule is COCC1CN(CC2CCOCC2)Cc2nnn(C)c21. The van der Waals surface area contributed by atoms with E-state index < -0.39 is 0 Å². The molecule has 3 rings (SSSR count). The molecular weight excluding hydrogens is 256 g/mol. The zero-order valence-corrected chi connectivity index (χ0v) is 12.4. The van der Waals surface area contributed by atoms with Crippen molar-refractivity contribution < 1.29 is 9.47 Å². The molecule has 2 aliphatic heterocycles. The van der Waals surface area contributed by atoms with Gasteiger partial charge in [-0.3, -0.25) is 9.58 Å². The van der Waals surface area contributed by atoms with Gasteiger partial charge in [-0.2, -0.15) is 0 Å². The Bertz CT molecular complexity index is 442. The highest BCUT2D eigenvalue weighted by Crippen LogP contribution is 2.28. The molecule has 2 aliphatic rings. The van der Waals surface area contributed by atoms with Gasteiger partial charge >= 0.3 is 0 Å². The van der Waals surface area contributed by atoms with Gasteiger partial charge in [0.05, 0.1) is 12.3 Å². The summed E-state index contributed by atoms with van der Waals surface area (Å²) in [7, 11) is 3.74. The zero-order valence-electron chi connectivity index (χ0n) is 12.4. The van der Waals surface area contributed by atoms with Crippen LogP contribution in [0.5, 0.6) is 0 Å². The third kappa shape index (κ3) is 2.87. The lowest BCUT2D eigenvalue weighted by Crippen LogP contribution is -2.40. The Balaban J connectivity index is 1.69. The van der Waals surface area contributed by atoms with Crippen LogP contribution in [0.3, 0.4) is 0 Å². The Labute approximate surface area is 120 Å². The summed E-state index contributed by atoms with van der Waals surface area (Å²) in [6, 6.07) is 0. The largest absolute Gasteiger partial charge is 0.384 e. The quantitative estimate of drug-likeness (QED) is 0.816. The third-order valence-electron chi connectivity index (χ3n) is 4.41. The lowest BCUT2D eigenvalue weighted by Gasteiger charge is -2.35. The highest BCUT2D eigenvalue weighted by atomic mass is 16.5. The van der Waals surface area contributed by atoms with Crippen molar-refractivity contribution in [1.29, 1.82) is 0 Å². The van der Waals surface area contributed by atoms with E-state index in [0.717, 1.165) is 51.1 Å². The predicted molar refractivity (Wildman–Crippen MR) is 74.4 cm³/mol. The summed E-state index contributed by atoms with van der Waals surface area (Å²) >= 11 is 0. The summed E-state index contributed by atoms with van der Waals surface area (Å²) in [6.07, 6.45) is 2.36. The molecule has 1 aromatic rings. The highest BCUT2D eigenvalue weighted by molar-refractivity contribution is 5.19. The minimum absolute atomic E-state index is 0.378. The van der Waals surface area contributed by atoms with E-state index in [1.165, 1.54) is 18.5 Å². The predicted octanol–water partition coefficient (Wildman–Crippen LogP) is 0.787. The van der Waals surface area contributed by atoms with E-state index in [9.17, 15) is 0 Å². The molecule has 112 valence electrons. The third-order valence-corrected chi connectivity index (χ3v) is 4.41. The second-order valence-corrected chi connectivity index (χ2v) is 5.95. The van der Waals surface area contributed by atoms with Crippen molar-refractivity contribution in [1.82, 2.24) is 19.9 Å². The van der Waals surface area contributed by atoms with E-state index in [4.69, 9.17) is 9.47 Å². The van der Waals surface area contributed by atoms with Crippen molar-refractivity contribution in [3.05, 3.63) is 11.4 Å². The Kier molecular flexibility index (Phi) is 4.33. The fourth-order valence-electron chi connectivity index (χ4n) is 3.46. The van der Waals surface area contributed by atoms with Gasteiger partial charge in [-0.05, 0) is 18.8 Å². The van der Waals surface area contributed by atoms with Gasteiger partial charge in [0.2, 0.25) is 0 Å². The van der Waals surface area contributed by atoms with Crippen LogP contribution in [-0.2, 0) is 23.1 Å². The molecule has 1 atom stereocenters. The molecule has 0 N–H and O–H groups in total. The number of nitrogens with zero attached hydrogens (tertiary/aromatic N) is 4. The van der Waals surface area contributed by atoms with Gasteiger partial charge in [0.1, 0.15) is 5.69 Å². The molecule has 0 saturated carbocycles. The fourth-order valence-corrected chi connectivity index (χ4v) is 3.46. The first kappa shape index (κ1) is 14.0. The maximum atomic E-state index is 5.44. The van der Waals surface area contributed by atoms with Gasteiger partial charge in [0.15, 0.2) is 0 Å². The van der Waals surface area contributed by atoms with E-state index in [-0.39, 0.29) is 0 Å². The maximum absolute atomic E-state index is 5.44. The van der Waals surface area contributed by atoms with Crippen molar-refractivity contribution in [3.63, 3.8) is 0 Å². The van der Waals surface area contributed by atoms with Crippen LogP contribution in [0, 0.1) is 5.92 Å². The number of aromatic nitrogens is 3. The van der Waals surface area contributed by atoms with Crippen molar-refractivity contribution in [2.24, 2.45) is 13.0 Å². The van der Waals surface area contributed by atoms with Gasteiger partial charge in [-0.1, -0.05) is 5.21 Å². The highest BCUT2D eigenvalue weighted by Gasteiger charge is 2.31. The van der Waals surface area contributed by atoms with Crippen molar-refractivity contribution in [2.45, 2.75) is 25.3 Å². The summed E-state index contributed by atoms with van der Waals surface area (Å²) in [5, 5.41) is 8.50. The van der Waals surface area contributed by atoms with Crippen molar-refractivity contribution >= 4 is 0 Å². The van der Waals surface area contributed by atoms with Crippen LogP contribution in [0.4, 0.5) is 0 Å². The number of methoxy groups -OCH3 is 1. The second-order valence-electron chi connectivity index (χ2n) is 5.95. The molecule has 0 radical (unpaired) electrons. The molecule has 6 nitrogen and oxygen atoms in total. The smallest absolute Gasteiger partial charge is 0.100 e. The lowest BCUT2D eigenvalue weighted by atomic mass is 9.95. The van der Waals surface area contributed by atoms with E-state index in [1.807, 2.05) is 11.7 Å². The van der Waals surface area contributed by atoms with Gasteiger partial charge in [-0.25, -0.2) is 0 Å². The van der Waals surface area contributed by atoms with Crippen LogP contribution in [0.2, 0.25) is 0 Å². The minimum atomic E-state index is 0.378. The van der Waals surface area contributed by atoms with Crippen LogP contribution >= 0.6 is 0 Å². The number of hydrogen-bond donors (Lipinski definition) is 0. The number of aryl methyl sites for hydroxylation is 1. The minimum Gasteiger partial charge on any atom is -0.384 e. The Morgan fingerprint density at radius 2 is 2.15 bits per heavy atom. The number of hydrogen-bond acceptors (Lipinski definition) is 5. The molecule has 0 spiro atoms. The fraction of sp³-hybridized carbons (Fsp3) is 0.857. The first-order chi connectivity index (χ1) is 9.78. The molecule has 3 heterocycles.